The fraction of sp³-hybridized carbons (Fsp3) is 0.0833. The number of fused-ring (bicyclic) bond motifs is 2. The van der Waals surface area contributed by atoms with E-state index >= 15 is 0 Å². The van der Waals surface area contributed by atoms with Crippen LogP contribution in [0.2, 0.25) is 10.0 Å². The van der Waals surface area contributed by atoms with Gasteiger partial charge in [0.15, 0.2) is 5.43 Å². The predicted molar refractivity (Wildman–Crippen MR) is 125 cm³/mol. The van der Waals surface area contributed by atoms with Crippen LogP contribution in [-0.4, -0.2) is 5.91 Å². The van der Waals surface area contributed by atoms with Crippen molar-refractivity contribution in [2.24, 2.45) is 0 Å². The van der Waals surface area contributed by atoms with Gasteiger partial charge in [0.25, 0.3) is 0 Å². The fourth-order valence-corrected chi connectivity index (χ4v) is 5.68. The number of nitrogens with zero attached hydrogens (tertiary/aromatic N) is 1. The van der Waals surface area contributed by atoms with Crippen molar-refractivity contribution in [2.45, 2.75) is 12.3 Å². The van der Waals surface area contributed by atoms with Gasteiger partial charge in [0.1, 0.15) is 5.00 Å². The summed E-state index contributed by atoms with van der Waals surface area (Å²) in [6.07, 6.45) is 0.141. The van der Waals surface area contributed by atoms with Gasteiger partial charge in [-0.3, -0.25) is 14.5 Å². The molecular weight excluding hydrogens is 437 g/mol. The normalized spacial score (nSPS) is 16.0. The molecule has 3 aromatic carbocycles. The monoisotopic (exact) mass is 451 g/mol. The van der Waals surface area contributed by atoms with Gasteiger partial charge in [-0.05, 0) is 48.0 Å². The number of amides is 1. The summed E-state index contributed by atoms with van der Waals surface area (Å²) in [6, 6.07) is 22.1. The number of benzene rings is 3. The molecule has 1 aromatic heterocycles. The second-order valence-corrected chi connectivity index (χ2v) is 9.01. The van der Waals surface area contributed by atoms with E-state index in [4.69, 9.17) is 23.2 Å². The van der Waals surface area contributed by atoms with Crippen LogP contribution in [0.25, 0.3) is 10.1 Å². The highest BCUT2D eigenvalue weighted by Gasteiger charge is 2.37. The van der Waals surface area contributed by atoms with Crippen LogP contribution in [0, 0.1) is 0 Å². The van der Waals surface area contributed by atoms with Crippen LogP contribution < -0.4 is 10.3 Å². The van der Waals surface area contributed by atoms with Crippen molar-refractivity contribution in [3.63, 3.8) is 0 Å². The Hall–Kier alpha value is -2.66. The molecule has 148 valence electrons. The molecule has 0 aliphatic carbocycles. The zero-order chi connectivity index (χ0) is 20.8. The average Bonchev–Trinajstić information content (AvgIpc) is 2.75. The van der Waals surface area contributed by atoms with Gasteiger partial charge in [0.2, 0.25) is 5.91 Å². The molecule has 0 fully saturated rings. The fourth-order valence-electron chi connectivity index (χ4n) is 3.98. The maximum atomic E-state index is 13.6. The van der Waals surface area contributed by atoms with E-state index in [1.807, 2.05) is 54.6 Å². The lowest BCUT2D eigenvalue weighted by molar-refractivity contribution is -0.118. The van der Waals surface area contributed by atoms with Gasteiger partial charge in [0, 0.05) is 43.7 Å². The molecule has 0 N–H and O–H groups in total. The van der Waals surface area contributed by atoms with Crippen molar-refractivity contribution in [2.75, 3.05) is 4.90 Å². The van der Waals surface area contributed by atoms with Crippen LogP contribution in [0.5, 0.6) is 0 Å². The lowest BCUT2D eigenvalue weighted by Gasteiger charge is -2.33. The number of anilines is 2. The minimum atomic E-state index is -0.452. The zero-order valence-electron chi connectivity index (χ0n) is 15.6. The van der Waals surface area contributed by atoms with E-state index in [0.29, 0.717) is 31.6 Å². The molecule has 0 bridgehead atoms. The summed E-state index contributed by atoms with van der Waals surface area (Å²) in [5.41, 5.74) is 1.96. The number of carbonyl (C=O) groups is 1. The van der Waals surface area contributed by atoms with Gasteiger partial charge in [-0.25, -0.2) is 0 Å². The van der Waals surface area contributed by atoms with Crippen LogP contribution >= 0.6 is 34.5 Å². The molecule has 1 amide bonds. The minimum absolute atomic E-state index is 0.0752. The molecule has 1 aliphatic heterocycles. The molecule has 4 aromatic rings. The van der Waals surface area contributed by atoms with Crippen LogP contribution in [-0.2, 0) is 4.79 Å². The molecular formula is C24H15Cl2NO2S. The lowest BCUT2D eigenvalue weighted by atomic mass is 9.85. The number of rotatable bonds is 2. The van der Waals surface area contributed by atoms with Crippen molar-refractivity contribution in [1.82, 2.24) is 0 Å². The highest BCUT2D eigenvalue weighted by Crippen LogP contribution is 2.47. The van der Waals surface area contributed by atoms with Crippen LogP contribution in [0.3, 0.4) is 0 Å². The van der Waals surface area contributed by atoms with E-state index in [1.54, 1.807) is 23.1 Å². The SMILES string of the molecule is O=C1CC(c2cc(Cl)ccc2Cl)c2c(sc3ccccc3c2=O)N1c1ccccc1. The molecule has 6 heteroatoms. The summed E-state index contributed by atoms with van der Waals surface area (Å²) in [5.74, 6) is -0.535. The van der Waals surface area contributed by atoms with Crippen molar-refractivity contribution in [3.8, 4) is 0 Å². The number of para-hydroxylation sites is 1. The largest absolute Gasteiger partial charge is 0.289 e. The minimum Gasteiger partial charge on any atom is -0.289 e. The molecule has 1 atom stereocenters. The Morgan fingerprint density at radius 3 is 2.43 bits per heavy atom. The quantitative estimate of drug-likeness (QED) is 0.337. The first-order valence-corrected chi connectivity index (χ1v) is 11.0. The lowest BCUT2D eigenvalue weighted by Crippen LogP contribution is -2.35. The summed E-state index contributed by atoms with van der Waals surface area (Å²) in [4.78, 5) is 28.6. The van der Waals surface area contributed by atoms with E-state index in [-0.39, 0.29) is 17.8 Å². The summed E-state index contributed by atoms with van der Waals surface area (Å²) in [6.45, 7) is 0. The summed E-state index contributed by atoms with van der Waals surface area (Å²) in [5, 5.41) is 2.30. The van der Waals surface area contributed by atoms with Crippen molar-refractivity contribution in [3.05, 3.63) is 104 Å². The standard InChI is InChI=1S/C24H15Cl2NO2S/c25-14-10-11-19(26)17(12-14)18-13-21(28)27(15-6-2-1-3-7-15)24-22(18)23(29)16-8-4-5-9-20(16)30-24/h1-12,18H,13H2. The first-order valence-electron chi connectivity index (χ1n) is 9.43. The topological polar surface area (TPSA) is 37.4 Å². The third kappa shape index (κ3) is 3.12. The van der Waals surface area contributed by atoms with Gasteiger partial charge in [0.05, 0.1) is 0 Å². The summed E-state index contributed by atoms with van der Waals surface area (Å²) < 4.78 is 0.841. The maximum absolute atomic E-state index is 13.6. The molecule has 30 heavy (non-hydrogen) atoms. The Morgan fingerprint density at radius 1 is 0.900 bits per heavy atom. The van der Waals surface area contributed by atoms with Crippen molar-refractivity contribution < 1.29 is 4.79 Å². The highest BCUT2D eigenvalue weighted by molar-refractivity contribution is 7.22. The number of hydrogen-bond acceptors (Lipinski definition) is 3. The Bertz CT molecular complexity index is 1350. The third-order valence-corrected chi connectivity index (χ3v) is 7.09. The zero-order valence-corrected chi connectivity index (χ0v) is 18.0. The van der Waals surface area contributed by atoms with Crippen molar-refractivity contribution >= 4 is 61.2 Å². The first kappa shape index (κ1) is 19.3. The van der Waals surface area contributed by atoms with Crippen LogP contribution in [0.1, 0.15) is 23.5 Å². The average molecular weight is 452 g/mol. The van der Waals surface area contributed by atoms with Crippen molar-refractivity contribution in [1.29, 1.82) is 0 Å². The molecule has 0 radical (unpaired) electrons. The summed E-state index contributed by atoms with van der Waals surface area (Å²) in [7, 11) is 0. The number of hydrogen-bond donors (Lipinski definition) is 0. The first-order chi connectivity index (χ1) is 14.5. The van der Waals surface area contributed by atoms with E-state index in [1.165, 1.54) is 11.3 Å². The van der Waals surface area contributed by atoms with Crippen LogP contribution in [0.4, 0.5) is 10.7 Å². The van der Waals surface area contributed by atoms with Gasteiger partial charge in [-0.15, -0.1) is 11.3 Å². The number of halogens is 2. The molecule has 1 unspecified atom stereocenters. The molecule has 0 spiro atoms. The van der Waals surface area contributed by atoms with Gasteiger partial charge in [-0.1, -0.05) is 53.5 Å². The van der Waals surface area contributed by atoms with E-state index in [0.717, 1.165) is 10.4 Å². The predicted octanol–water partition coefficient (Wildman–Crippen LogP) is 6.77. The van der Waals surface area contributed by atoms with E-state index in [2.05, 4.69) is 0 Å². The Balaban J connectivity index is 1.84. The van der Waals surface area contributed by atoms with Crippen LogP contribution in [0.15, 0.2) is 77.6 Å². The molecule has 0 saturated heterocycles. The molecule has 5 rings (SSSR count). The van der Waals surface area contributed by atoms with Gasteiger partial charge >= 0.3 is 0 Å². The molecule has 2 heterocycles. The third-order valence-electron chi connectivity index (χ3n) is 5.34. The Morgan fingerprint density at radius 2 is 1.63 bits per heavy atom. The van der Waals surface area contributed by atoms with E-state index in [9.17, 15) is 9.59 Å². The second kappa shape index (κ2) is 7.55. The van der Waals surface area contributed by atoms with E-state index < -0.39 is 5.92 Å². The molecule has 0 saturated carbocycles. The Kier molecular flexibility index (Phi) is 4.86. The maximum Gasteiger partial charge on any atom is 0.233 e. The van der Waals surface area contributed by atoms with Gasteiger partial charge < -0.3 is 0 Å². The molecule has 3 nitrogen and oxygen atoms in total. The second-order valence-electron chi connectivity index (χ2n) is 7.13. The molecule has 1 aliphatic rings. The van der Waals surface area contributed by atoms with Gasteiger partial charge in [-0.2, -0.15) is 0 Å². The number of carbonyl (C=O) groups excluding carboxylic acids is 1. The highest BCUT2D eigenvalue weighted by atomic mass is 35.5. The smallest absolute Gasteiger partial charge is 0.233 e. The summed E-state index contributed by atoms with van der Waals surface area (Å²) >= 11 is 14.2. The Labute approximate surface area is 187 Å².